The fraction of sp³-hybridized carbons (Fsp3) is 0.0769. The van der Waals surface area contributed by atoms with Crippen LogP contribution < -0.4 is 16.6 Å². The van der Waals surface area contributed by atoms with Gasteiger partial charge in [-0.1, -0.05) is 6.07 Å². The monoisotopic (exact) mass is 287 g/mol. The molecule has 8 heteroatoms. The van der Waals surface area contributed by atoms with Gasteiger partial charge in [-0.25, -0.2) is 0 Å². The molecule has 1 aromatic carbocycles. The van der Waals surface area contributed by atoms with Crippen LogP contribution in [0.4, 0.5) is 17.1 Å². The quantitative estimate of drug-likeness (QED) is 0.448. The van der Waals surface area contributed by atoms with Crippen molar-refractivity contribution in [3.8, 4) is 0 Å². The fourth-order valence-corrected chi connectivity index (χ4v) is 1.84. The van der Waals surface area contributed by atoms with Crippen LogP contribution in [0.15, 0.2) is 36.5 Å². The van der Waals surface area contributed by atoms with Gasteiger partial charge in [0.2, 0.25) is 0 Å². The lowest BCUT2D eigenvalue weighted by Gasteiger charge is -2.11. The van der Waals surface area contributed by atoms with E-state index in [1.807, 2.05) is 0 Å². The van der Waals surface area contributed by atoms with Crippen molar-refractivity contribution < 1.29 is 9.72 Å². The molecule has 0 saturated carbocycles. The molecule has 1 heterocycles. The number of pyridine rings is 1. The molecule has 0 radical (unpaired) electrons. The van der Waals surface area contributed by atoms with Gasteiger partial charge >= 0.3 is 0 Å². The lowest BCUT2D eigenvalue weighted by atomic mass is 10.1. The Bertz CT molecular complexity index is 702. The molecule has 0 aliphatic rings. The largest absolute Gasteiger partial charge is 0.320 e. The van der Waals surface area contributed by atoms with E-state index in [1.165, 1.54) is 18.2 Å². The SMILES string of the molecule is Cc1ncccc1NC(=O)c1cccc([N+](=O)[O-])c1NN. The van der Waals surface area contributed by atoms with Gasteiger partial charge in [0, 0.05) is 12.3 Å². The number of rotatable bonds is 4. The molecule has 0 unspecified atom stereocenters. The Labute approximate surface area is 120 Å². The van der Waals surface area contributed by atoms with E-state index in [0.717, 1.165) is 0 Å². The van der Waals surface area contributed by atoms with E-state index < -0.39 is 10.8 Å². The van der Waals surface area contributed by atoms with Crippen LogP contribution in [0, 0.1) is 17.0 Å². The highest BCUT2D eigenvalue weighted by atomic mass is 16.6. The number of hydrazine groups is 1. The number of nitrogens with two attached hydrogens (primary N) is 1. The average molecular weight is 287 g/mol. The Hall–Kier alpha value is -3.00. The van der Waals surface area contributed by atoms with E-state index in [1.54, 1.807) is 25.3 Å². The van der Waals surface area contributed by atoms with Gasteiger partial charge in [-0.2, -0.15) is 0 Å². The third kappa shape index (κ3) is 2.95. The van der Waals surface area contributed by atoms with Crippen molar-refractivity contribution in [3.05, 3.63) is 57.9 Å². The number of aryl methyl sites for hydroxylation is 1. The van der Waals surface area contributed by atoms with E-state index in [0.29, 0.717) is 11.4 Å². The van der Waals surface area contributed by atoms with Crippen molar-refractivity contribution in [1.82, 2.24) is 4.98 Å². The van der Waals surface area contributed by atoms with E-state index in [4.69, 9.17) is 5.84 Å². The number of nitrogens with one attached hydrogen (secondary N) is 2. The van der Waals surface area contributed by atoms with Crippen LogP contribution in [0.25, 0.3) is 0 Å². The number of carbonyl (C=O) groups excluding carboxylic acids is 1. The van der Waals surface area contributed by atoms with Crippen molar-refractivity contribution in [3.63, 3.8) is 0 Å². The van der Waals surface area contributed by atoms with Gasteiger partial charge < -0.3 is 10.7 Å². The lowest BCUT2D eigenvalue weighted by molar-refractivity contribution is -0.384. The van der Waals surface area contributed by atoms with Gasteiger partial charge in [-0.3, -0.25) is 25.7 Å². The molecule has 0 aliphatic heterocycles. The number of para-hydroxylation sites is 1. The maximum atomic E-state index is 12.3. The molecule has 0 fully saturated rings. The third-order valence-electron chi connectivity index (χ3n) is 2.88. The molecule has 108 valence electrons. The fourth-order valence-electron chi connectivity index (χ4n) is 1.84. The molecule has 1 aromatic heterocycles. The molecule has 4 N–H and O–H groups in total. The molecule has 2 rings (SSSR count). The summed E-state index contributed by atoms with van der Waals surface area (Å²) in [5.74, 6) is 4.79. The number of nitro benzene ring substituents is 1. The molecule has 0 aliphatic carbocycles. The second-order valence-corrected chi connectivity index (χ2v) is 4.19. The molecule has 0 spiro atoms. The molecule has 0 bridgehead atoms. The number of nitrogen functional groups attached to an aromatic ring is 1. The number of carbonyl (C=O) groups is 1. The van der Waals surface area contributed by atoms with Crippen LogP contribution in [0.3, 0.4) is 0 Å². The van der Waals surface area contributed by atoms with Crippen molar-refractivity contribution in [1.29, 1.82) is 0 Å². The predicted molar refractivity (Wildman–Crippen MR) is 77.8 cm³/mol. The first-order valence-electron chi connectivity index (χ1n) is 6.01. The summed E-state index contributed by atoms with van der Waals surface area (Å²) in [6.07, 6.45) is 1.60. The molecule has 1 amide bonds. The zero-order valence-electron chi connectivity index (χ0n) is 11.2. The van der Waals surface area contributed by atoms with Gasteiger partial charge in [0.15, 0.2) is 0 Å². The van der Waals surface area contributed by atoms with E-state index in [-0.39, 0.29) is 16.9 Å². The van der Waals surface area contributed by atoms with Gasteiger partial charge in [-0.15, -0.1) is 0 Å². The van der Waals surface area contributed by atoms with Crippen LogP contribution in [-0.4, -0.2) is 15.8 Å². The highest BCUT2D eigenvalue weighted by Gasteiger charge is 2.21. The number of anilines is 2. The number of benzene rings is 1. The van der Waals surface area contributed by atoms with Crippen LogP contribution in [-0.2, 0) is 0 Å². The van der Waals surface area contributed by atoms with E-state index >= 15 is 0 Å². The number of nitro groups is 1. The van der Waals surface area contributed by atoms with Crippen molar-refractivity contribution in [2.24, 2.45) is 5.84 Å². The van der Waals surface area contributed by atoms with Crippen molar-refractivity contribution >= 4 is 23.0 Å². The number of nitrogens with zero attached hydrogens (tertiary/aromatic N) is 2. The molecule has 0 atom stereocenters. The van der Waals surface area contributed by atoms with Crippen LogP contribution in [0.5, 0.6) is 0 Å². The Morgan fingerprint density at radius 2 is 2.10 bits per heavy atom. The number of amides is 1. The Balaban J connectivity index is 2.38. The van der Waals surface area contributed by atoms with Crippen molar-refractivity contribution in [2.75, 3.05) is 10.7 Å². The number of hydrogen-bond donors (Lipinski definition) is 3. The minimum absolute atomic E-state index is 0.0402. The summed E-state index contributed by atoms with van der Waals surface area (Å²) in [6.45, 7) is 1.74. The first kappa shape index (κ1) is 14.4. The summed E-state index contributed by atoms with van der Waals surface area (Å²) in [6, 6.07) is 7.50. The Morgan fingerprint density at radius 1 is 1.33 bits per heavy atom. The normalized spacial score (nSPS) is 10.0. The zero-order valence-corrected chi connectivity index (χ0v) is 11.2. The average Bonchev–Trinajstić information content (AvgIpc) is 2.48. The summed E-state index contributed by atoms with van der Waals surface area (Å²) in [5, 5.41) is 13.6. The first-order chi connectivity index (χ1) is 10.0. The van der Waals surface area contributed by atoms with Crippen LogP contribution >= 0.6 is 0 Å². The Morgan fingerprint density at radius 3 is 2.71 bits per heavy atom. The summed E-state index contributed by atoms with van der Waals surface area (Å²) >= 11 is 0. The highest BCUT2D eigenvalue weighted by Crippen LogP contribution is 2.28. The smallest absolute Gasteiger partial charge is 0.294 e. The van der Waals surface area contributed by atoms with Crippen molar-refractivity contribution in [2.45, 2.75) is 6.92 Å². The van der Waals surface area contributed by atoms with Gasteiger partial charge in [0.1, 0.15) is 5.69 Å². The Kier molecular flexibility index (Phi) is 4.10. The van der Waals surface area contributed by atoms with Crippen LogP contribution in [0.1, 0.15) is 16.1 Å². The minimum atomic E-state index is -0.610. The second-order valence-electron chi connectivity index (χ2n) is 4.19. The molecular weight excluding hydrogens is 274 g/mol. The minimum Gasteiger partial charge on any atom is -0.320 e. The van der Waals surface area contributed by atoms with Gasteiger partial charge in [0.25, 0.3) is 11.6 Å². The van der Waals surface area contributed by atoms with E-state index in [9.17, 15) is 14.9 Å². The zero-order chi connectivity index (χ0) is 15.4. The van der Waals surface area contributed by atoms with Gasteiger partial charge in [0.05, 0.1) is 21.9 Å². The standard InChI is InChI=1S/C13H13N5O3/c1-8-10(5-3-7-15-8)16-13(19)9-4-2-6-11(18(20)21)12(9)17-14/h2-7,17H,14H2,1H3,(H,16,19). The number of hydrogen-bond acceptors (Lipinski definition) is 6. The van der Waals surface area contributed by atoms with Crippen LogP contribution in [0.2, 0.25) is 0 Å². The topological polar surface area (TPSA) is 123 Å². The molecule has 2 aromatic rings. The molecule has 8 nitrogen and oxygen atoms in total. The summed E-state index contributed by atoms with van der Waals surface area (Å²) in [4.78, 5) is 26.6. The third-order valence-corrected chi connectivity index (χ3v) is 2.88. The molecular formula is C13H13N5O3. The summed E-state index contributed by atoms with van der Waals surface area (Å²) < 4.78 is 0. The summed E-state index contributed by atoms with van der Waals surface area (Å²) in [7, 11) is 0. The second kappa shape index (κ2) is 5.97. The van der Waals surface area contributed by atoms with E-state index in [2.05, 4.69) is 15.7 Å². The maximum absolute atomic E-state index is 12.3. The predicted octanol–water partition coefficient (Wildman–Crippen LogP) is 1.84. The lowest BCUT2D eigenvalue weighted by Crippen LogP contribution is -2.19. The number of aromatic nitrogens is 1. The molecule has 21 heavy (non-hydrogen) atoms. The highest BCUT2D eigenvalue weighted by molar-refractivity contribution is 6.09. The first-order valence-corrected chi connectivity index (χ1v) is 6.01. The summed E-state index contributed by atoms with van der Waals surface area (Å²) in [5.41, 5.74) is 3.14. The maximum Gasteiger partial charge on any atom is 0.294 e. The van der Waals surface area contributed by atoms with Gasteiger partial charge in [-0.05, 0) is 25.1 Å². The molecule has 0 saturated heterocycles.